The van der Waals surface area contributed by atoms with Gasteiger partial charge in [-0.1, -0.05) is 13.8 Å². The van der Waals surface area contributed by atoms with Gasteiger partial charge >= 0.3 is 0 Å². The molecule has 0 spiro atoms. The Labute approximate surface area is 120 Å². The summed E-state index contributed by atoms with van der Waals surface area (Å²) in [5.74, 6) is 0.513. The Morgan fingerprint density at radius 2 is 2.10 bits per heavy atom. The molecule has 5 nitrogen and oxygen atoms in total. The van der Waals surface area contributed by atoms with E-state index in [4.69, 9.17) is 5.73 Å². The fraction of sp³-hybridized carbons (Fsp3) is 0.600. The number of hydrogen-bond acceptors (Lipinski definition) is 3. The maximum absolute atomic E-state index is 12.3. The minimum atomic E-state index is 0.0830. The van der Waals surface area contributed by atoms with Crippen molar-refractivity contribution in [3.8, 4) is 6.07 Å². The number of amides is 1. The molecule has 0 unspecified atom stereocenters. The van der Waals surface area contributed by atoms with Crippen LogP contribution in [0.2, 0.25) is 0 Å². The number of carbonyl (C=O) groups is 1. The summed E-state index contributed by atoms with van der Waals surface area (Å²) in [4.78, 5) is 14.2. The van der Waals surface area contributed by atoms with E-state index < -0.39 is 0 Å². The average molecular weight is 274 g/mol. The Morgan fingerprint density at radius 3 is 2.65 bits per heavy atom. The zero-order valence-corrected chi connectivity index (χ0v) is 12.2. The first-order chi connectivity index (χ1) is 9.52. The van der Waals surface area contributed by atoms with Gasteiger partial charge in [0, 0.05) is 18.8 Å². The second-order valence-electron chi connectivity index (χ2n) is 5.82. The maximum Gasteiger partial charge on any atom is 0.242 e. The van der Waals surface area contributed by atoms with Gasteiger partial charge in [-0.05, 0) is 31.2 Å². The van der Waals surface area contributed by atoms with Crippen LogP contribution in [0.3, 0.4) is 0 Å². The van der Waals surface area contributed by atoms with Crippen molar-refractivity contribution in [3.05, 3.63) is 17.5 Å². The molecule has 1 aromatic rings. The summed E-state index contributed by atoms with van der Waals surface area (Å²) in [6.07, 6.45) is 2.92. The molecular formula is C15H22N4O. The Morgan fingerprint density at radius 1 is 1.45 bits per heavy atom. The first-order valence-corrected chi connectivity index (χ1v) is 7.18. The number of nitriles is 1. The van der Waals surface area contributed by atoms with Crippen LogP contribution in [-0.4, -0.2) is 28.5 Å². The molecule has 5 heteroatoms. The second-order valence-corrected chi connectivity index (χ2v) is 5.82. The molecule has 1 aromatic heterocycles. The summed E-state index contributed by atoms with van der Waals surface area (Å²) in [6.45, 7) is 6.09. The van der Waals surface area contributed by atoms with Gasteiger partial charge in [-0.2, -0.15) is 5.26 Å². The monoisotopic (exact) mass is 274 g/mol. The number of aromatic nitrogens is 1. The van der Waals surface area contributed by atoms with Crippen molar-refractivity contribution in [2.45, 2.75) is 39.7 Å². The lowest BCUT2D eigenvalue weighted by molar-refractivity contribution is -0.130. The average Bonchev–Trinajstić information content (AvgIpc) is 3.01. The smallest absolute Gasteiger partial charge is 0.242 e. The quantitative estimate of drug-likeness (QED) is 0.909. The van der Waals surface area contributed by atoms with Crippen LogP contribution >= 0.6 is 0 Å². The highest BCUT2D eigenvalue weighted by atomic mass is 16.2. The SMILES string of the molecule is CC(C)Cc1c(N)cc(C#N)n1CC(=O)N1CCCC1. The summed E-state index contributed by atoms with van der Waals surface area (Å²) in [5, 5.41) is 9.22. The van der Waals surface area contributed by atoms with Gasteiger partial charge in [0.05, 0.1) is 5.69 Å². The van der Waals surface area contributed by atoms with Gasteiger partial charge in [0.1, 0.15) is 18.3 Å². The van der Waals surface area contributed by atoms with E-state index in [9.17, 15) is 10.1 Å². The number of nitrogens with zero attached hydrogens (tertiary/aromatic N) is 3. The first-order valence-electron chi connectivity index (χ1n) is 7.18. The summed E-state index contributed by atoms with van der Waals surface area (Å²) < 4.78 is 1.79. The topological polar surface area (TPSA) is 75.0 Å². The van der Waals surface area contributed by atoms with Crippen molar-refractivity contribution in [1.29, 1.82) is 5.26 Å². The van der Waals surface area contributed by atoms with Crippen molar-refractivity contribution in [1.82, 2.24) is 9.47 Å². The van der Waals surface area contributed by atoms with Crippen LogP contribution in [0.4, 0.5) is 5.69 Å². The molecular weight excluding hydrogens is 252 g/mol. The molecule has 1 fully saturated rings. The minimum Gasteiger partial charge on any atom is -0.397 e. The van der Waals surface area contributed by atoms with Gasteiger partial charge in [0.25, 0.3) is 0 Å². The molecule has 2 N–H and O–H groups in total. The lowest BCUT2D eigenvalue weighted by atomic mass is 10.1. The fourth-order valence-electron chi connectivity index (χ4n) is 2.70. The fourth-order valence-corrected chi connectivity index (χ4v) is 2.70. The highest BCUT2D eigenvalue weighted by Crippen LogP contribution is 2.22. The van der Waals surface area contributed by atoms with E-state index >= 15 is 0 Å². The maximum atomic E-state index is 12.3. The molecule has 1 aliphatic heterocycles. The van der Waals surface area contributed by atoms with Crippen molar-refractivity contribution in [2.75, 3.05) is 18.8 Å². The molecule has 20 heavy (non-hydrogen) atoms. The summed E-state index contributed by atoms with van der Waals surface area (Å²) in [5.41, 5.74) is 8.00. The molecule has 0 radical (unpaired) electrons. The largest absolute Gasteiger partial charge is 0.397 e. The van der Waals surface area contributed by atoms with Gasteiger partial charge in [-0.25, -0.2) is 0 Å². The molecule has 0 atom stereocenters. The van der Waals surface area contributed by atoms with E-state index in [2.05, 4.69) is 19.9 Å². The van der Waals surface area contributed by atoms with Gasteiger partial charge in [0.15, 0.2) is 0 Å². The molecule has 108 valence electrons. The van der Waals surface area contributed by atoms with E-state index in [0.29, 0.717) is 17.3 Å². The van der Waals surface area contributed by atoms with Crippen LogP contribution in [-0.2, 0) is 17.8 Å². The van der Waals surface area contributed by atoms with E-state index in [1.807, 2.05) is 4.90 Å². The Hall–Kier alpha value is -1.96. The zero-order valence-electron chi connectivity index (χ0n) is 12.2. The molecule has 2 rings (SSSR count). The number of carbonyl (C=O) groups excluding carboxylic acids is 1. The third-order valence-electron chi connectivity index (χ3n) is 3.71. The molecule has 1 aliphatic rings. The standard InChI is InChI=1S/C15H22N4O/c1-11(2)7-14-13(17)8-12(9-16)19(14)10-15(20)18-5-3-4-6-18/h8,11H,3-7,10,17H2,1-2H3. The summed E-state index contributed by atoms with van der Waals surface area (Å²) in [7, 11) is 0. The molecule has 2 heterocycles. The van der Waals surface area contributed by atoms with Gasteiger partial charge < -0.3 is 15.2 Å². The van der Waals surface area contributed by atoms with Gasteiger partial charge in [0.2, 0.25) is 5.91 Å². The van der Waals surface area contributed by atoms with E-state index in [1.165, 1.54) is 0 Å². The van der Waals surface area contributed by atoms with Crippen LogP contribution in [0.25, 0.3) is 0 Å². The molecule has 0 aromatic carbocycles. The molecule has 1 saturated heterocycles. The molecule has 1 amide bonds. The van der Waals surface area contributed by atoms with Crippen LogP contribution in [0.15, 0.2) is 6.07 Å². The predicted octanol–water partition coefficient (Wildman–Crippen LogP) is 1.76. The van der Waals surface area contributed by atoms with Gasteiger partial charge in [-0.3, -0.25) is 4.79 Å². The summed E-state index contributed by atoms with van der Waals surface area (Å²) >= 11 is 0. The summed E-state index contributed by atoms with van der Waals surface area (Å²) in [6, 6.07) is 3.81. The van der Waals surface area contributed by atoms with Crippen molar-refractivity contribution < 1.29 is 4.79 Å². The lowest BCUT2D eigenvalue weighted by Crippen LogP contribution is -2.32. The number of nitrogens with two attached hydrogens (primary N) is 1. The highest BCUT2D eigenvalue weighted by Gasteiger charge is 2.21. The highest BCUT2D eigenvalue weighted by molar-refractivity contribution is 5.77. The van der Waals surface area contributed by atoms with Crippen molar-refractivity contribution >= 4 is 11.6 Å². The van der Waals surface area contributed by atoms with Crippen LogP contribution in [0.5, 0.6) is 0 Å². The second kappa shape index (κ2) is 6.00. The number of nitrogen functional groups attached to an aromatic ring is 1. The lowest BCUT2D eigenvalue weighted by Gasteiger charge is -2.18. The number of likely N-dealkylation sites (tertiary alicyclic amines) is 1. The predicted molar refractivity (Wildman–Crippen MR) is 77.9 cm³/mol. The first kappa shape index (κ1) is 14.4. The van der Waals surface area contributed by atoms with Crippen molar-refractivity contribution in [2.24, 2.45) is 5.92 Å². The van der Waals surface area contributed by atoms with Crippen LogP contribution < -0.4 is 5.73 Å². The minimum absolute atomic E-state index is 0.0830. The third kappa shape index (κ3) is 2.96. The Bertz CT molecular complexity index is 533. The van der Waals surface area contributed by atoms with Crippen LogP contribution in [0.1, 0.15) is 38.1 Å². The van der Waals surface area contributed by atoms with E-state index in [1.54, 1.807) is 10.6 Å². The number of anilines is 1. The zero-order chi connectivity index (χ0) is 14.7. The van der Waals surface area contributed by atoms with Crippen molar-refractivity contribution in [3.63, 3.8) is 0 Å². The van der Waals surface area contributed by atoms with Gasteiger partial charge in [-0.15, -0.1) is 0 Å². The van der Waals surface area contributed by atoms with E-state index in [-0.39, 0.29) is 12.5 Å². The molecule has 0 bridgehead atoms. The van der Waals surface area contributed by atoms with Crippen LogP contribution in [0, 0.1) is 17.2 Å². The Balaban J connectivity index is 2.24. The third-order valence-corrected chi connectivity index (χ3v) is 3.71. The number of rotatable bonds is 4. The molecule has 0 aliphatic carbocycles. The Kier molecular flexibility index (Phi) is 4.33. The van der Waals surface area contributed by atoms with E-state index in [0.717, 1.165) is 38.0 Å². The molecule has 0 saturated carbocycles. The number of hydrogen-bond donors (Lipinski definition) is 1. The normalized spacial score (nSPS) is 14.8.